The van der Waals surface area contributed by atoms with Crippen LogP contribution in [0.2, 0.25) is 5.02 Å². The first-order chi connectivity index (χ1) is 13.3. The Labute approximate surface area is 174 Å². The van der Waals surface area contributed by atoms with Crippen LogP contribution < -0.4 is 10.6 Å². The van der Waals surface area contributed by atoms with Crippen molar-refractivity contribution in [2.24, 2.45) is 5.92 Å². The van der Waals surface area contributed by atoms with Crippen molar-refractivity contribution in [3.05, 3.63) is 28.2 Å². The molecule has 1 aliphatic rings. The normalized spacial score (nSPS) is 17.0. The van der Waals surface area contributed by atoms with Crippen LogP contribution >= 0.6 is 22.9 Å². The van der Waals surface area contributed by atoms with Crippen molar-refractivity contribution in [2.75, 3.05) is 19.6 Å². The number of rotatable bonds is 5. The number of piperidine rings is 1. The topological polar surface area (TPSA) is 74.3 Å². The number of hydrogen-bond donors (Lipinski definition) is 2. The number of carbonyl (C=O) groups is 2. The van der Waals surface area contributed by atoms with E-state index in [9.17, 15) is 9.59 Å². The summed E-state index contributed by atoms with van der Waals surface area (Å²) < 4.78 is 1.15. The predicted octanol–water partition coefficient (Wildman–Crippen LogP) is 4.00. The molecule has 1 aromatic heterocycles. The lowest BCUT2D eigenvalue weighted by Gasteiger charge is -2.34. The van der Waals surface area contributed by atoms with Crippen LogP contribution in [0.15, 0.2) is 18.2 Å². The highest BCUT2D eigenvalue weighted by molar-refractivity contribution is 7.18. The Balaban J connectivity index is 1.52. The molecule has 1 fully saturated rings. The monoisotopic (exact) mass is 422 g/mol. The summed E-state index contributed by atoms with van der Waals surface area (Å²) in [6.07, 6.45) is 1.90. The minimum atomic E-state index is -0.423. The Kier molecular flexibility index (Phi) is 6.91. The van der Waals surface area contributed by atoms with Gasteiger partial charge in [-0.2, -0.15) is 0 Å². The fourth-order valence-corrected chi connectivity index (χ4v) is 4.63. The second kappa shape index (κ2) is 9.20. The van der Waals surface area contributed by atoms with Gasteiger partial charge in [0.1, 0.15) is 0 Å². The average Bonchev–Trinajstić information content (AvgIpc) is 3.09. The Morgan fingerprint density at radius 2 is 2.00 bits per heavy atom. The number of nitrogens with zero attached hydrogens (tertiary/aromatic N) is 2. The molecule has 0 aliphatic carbocycles. The van der Waals surface area contributed by atoms with E-state index in [1.807, 2.05) is 39.0 Å². The zero-order valence-corrected chi connectivity index (χ0v) is 18.1. The summed E-state index contributed by atoms with van der Waals surface area (Å²) in [5.74, 6) is 0.488. The van der Waals surface area contributed by atoms with E-state index >= 15 is 0 Å². The molecule has 1 atom stereocenters. The number of benzene rings is 1. The van der Waals surface area contributed by atoms with Gasteiger partial charge in [0.05, 0.1) is 21.3 Å². The summed E-state index contributed by atoms with van der Waals surface area (Å²) in [6.45, 7) is 8.04. The van der Waals surface area contributed by atoms with E-state index in [0.717, 1.165) is 41.2 Å². The van der Waals surface area contributed by atoms with Crippen LogP contribution in [0.5, 0.6) is 0 Å². The third kappa shape index (κ3) is 5.21. The second-order valence-electron chi connectivity index (χ2n) is 7.74. The summed E-state index contributed by atoms with van der Waals surface area (Å²) in [6, 6.07) is 5.06. The lowest BCUT2D eigenvalue weighted by Crippen LogP contribution is -2.51. The first-order valence-electron chi connectivity index (χ1n) is 9.72. The highest BCUT2D eigenvalue weighted by Crippen LogP contribution is 2.35. The first kappa shape index (κ1) is 21.0. The summed E-state index contributed by atoms with van der Waals surface area (Å²) >= 11 is 7.78. The van der Waals surface area contributed by atoms with Gasteiger partial charge in [-0.15, -0.1) is 11.3 Å². The maximum Gasteiger partial charge on any atom is 0.321 e. The molecule has 1 saturated heterocycles. The van der Waals surface area contributed by atoms with Gasteiger partial charge < -0.3 is 5.32 Å². The lowest BCUT2D eigenvalue weighted by atomic mass is 9.96. The number of imide groups is 1. The third-order valence-corrected chi connectivity index (χ3v) is 6.51. The number of urea groups is 1. The average molecular weight is 423 g/mol. The van der Waals surface area contributed by atoms with E-state index in [-0.39, 0.29) is 11.9 Å². The van der Waals surface area contributed by atoms with Gasteiger partial charge >= 0.3 is 6.03 Å². The Hall–Kier alpha value is -1.70. The Morgan fingerprint density at radius 1 is 1.29 bits per heavy atom. The maximum absolute atomic E-state index is 12.4. The van der Waals surface area contributed by atoms with Crippen LogP contribution in [0.1, 0.15) is 44.5 Å². The van der Waals surface area contributed by atoms with E-state index in [0.29, 0.717) is 23.4 Å². The molecule has 0 bridgehead atoms. The van der Waals surface area contributed by atoms with Gasteiger partial charge in [-0.1, -0.05) is 25.4 Å². The molecule has 3 amide bonds. The van der Waals surface area contributed by atoms with E-state index in [4.69, 9.17) is 16.6 Å². The zero-order valence-electron chi connectivity index (χ0n) is 16.5. The number of likely N-dealkylation sites (tertiary alicyclic amines) is 1. The molecular formula is C20H27ClN4O2S. The second-order valence-corrected chi connectivity index (χ2v) is 9.24. The molecule has 1 aliphatic heterocycles. The van der Waals surface area contributed by atoms with Gasteiger partial charge in [-0.3, -0.25) is 15.0 Å². The number of aromatic nitrogens is 1. The van der Waals surface area contributed by atoms with Crippen molar-refractivity contribution < 1.29 is 9.59 Å². The first-order valence-corrected chi connectivity index (χ1v) is 10.9. The number of fused-ring (bicyclic) bond motifs is 1. The third-order valence-electron chi connectivity index (χ3n) is 5.08. The van der Waals surface area contributed by atoms with Crippen molar-refractivity contribution >= 4 is 45.1 Å². The van der Waals surface area contributed by atoms with Crippen molar-refractivity contribution in [2.45, 2.75) is 45.6 Å². The van der Waals surface area contributed by atoms with E-state index in [1.165, 1.54) is 0 Å². The highest BCUT2D eigenvalue weighted by Gasteiger charge is 2.29. The lowest BCUT2D eigenvalue weighted by molar-refractivity contribution is -0.125. The molecule has 2 aromatic rings. The smallest absolute Gasteiger partial charge is 0.321 e. The molecule has 1 aromatic carbocycles. The molecule has 6 nitrogen and oxygen atoms in total. The number of thiazole rings is 1. The molecule has 1 unspecified atom stereocenters. The van der Waals surface area contributed by atoms with Crippen LogP contribution in [0.4, 0.5) is 4.79 Å². The molecule has 28 heavy (non-hydrogen) atoms. The fraction of sp³-hybridized carbons (Fsp3) is 0.550. The standard InChI is InChI=1S/C20H27ClN4O2S/c1-12(2)11-22-20(27)24-18(26)13(3)25-8-6-14(7-9-25)19-23-16-10-15(21)4-5-17(16)28-19/h4-5,10,12-14H,6-9,11H2,1-3H3,(H2,22,24,26,27). The van der Waals surface area contributed by atoms with Crippen molar-refractivity contribution in [1.82, 2.24) is 20.5 Å². The highest BCUT2D eigenvalue weighted by atomic mass is 35.5. The van der Waals surface area contributed by atoms with Crippen LogP contribution in [-0.4, -0.2) is 47.5 Å². The van der Waals surface area contributed by atoms with E-state index in [2.05, 4.69) is 15.5 Å². The fourth-order valence-electron chi connectivity index (χ4n) is 3.35. The number of nitrogens with one attached hydrogen (secondary N) is 2. The van der Waals surface area contributed by atoms with Crippen LogP contribution in [0.3, 0.4) is 0 Å². The van der Waals surface area contributed by atoms with Gasteiger partial charge in [0.15, 0.2) is 0 Å². The molecular weight excluding hydrogens is 396 g/mol. The Morgan fingerprint density at radius 3 is 2.68 bits per heavy atom. The summed E-state index contributed by atoms with van der Waals surface area (Å²) in [4.78, 5) is 31.1. The van der Waals surface area contributed by atoms with Gasteiger partial charge in [-0.05, 0) is 57.0 Å². The maximum atomic E-state index is 12.4. The number of amides is 3. The largest absolute Gasteiger partial charge is 0.338 e. The van der Waals surface area contributed by atoms with Gasteiger partial charge in [0, 0.05) is 17.5 Å². The van der Waals surface area contributed by atoms with Crippen LogP contribution in [0.25, 0.3) is 10.2 Å². The Bertz CT molecular complexity index is 846. The number of hydrogen-bond acceptors (Lipinski definition) is 5. The molecule has 8 heteroatoms. The summed E-state index contributed by atoms with van der Waals surface area (Å²) in [5.41, 5.74) is 0.954. The van der Waals surface area contributed by atoms with Crippen molar-refractivity contribution in [3.63, 3.8) is 0 Å². The zero-order chi connectivity index (χ0) is 20.3. The summed E-state index contributed by atoms with van der Waals surface area (Å²) in [7, 11) is 0. The molecule has 0 radical (unpaired) electrons. The number of halogens is 1. The van der Waals surface area contributed by atoms with E-state index in [1.54, 1.807) is 11.3 Å². The molecule has 3 rings (SSSR count). The van der Waals surface area contributed by atoms with Crippen LogP contribution in [0, 0.1) is 5.92 Å². The molecule has 152 valence electrons. The summed E-state index contributed by atoms with van der Waals surface area (Å²) in [5, 5.41) is 7.00. The minimum Gasteiger partial charge on any atom is -0.338 e. The molecule has 0 saturated carbocycles. The van der Waals surface area contributed by atoms with Gasteiger partial charge in [-0.25, -0.2) is 9.78 Å². The van der Waals surface area contributed by atoms with Gasteiger partial charge in [0.25, 0.3) is 0 Å². The molecule has 2 N–H and O–H groups in total. The molecule has 0 spiro atoms. The predicted molar refractivity (Wildman–Crippen MR) is 114 cm³/mol. The van der Waals surface area contributed by atoms with Crippen molar-refractivity contribution in [1.29, 1.82) is 0 Å². The van der Waals surface area contributed by atoms with Gasteiger partial charge in [0.2, 0.25) is 5.91 Å². The van der Waals surface area contributed by atoms with E-state index < -0.39 is 6.03 Å². The minimum absolute atomic E-state index is 0.255. The SMILES string of the molecule is CC(C)CNC(=O)NC(=O)C(C)N1CCC(c2nc3cc(Cl)ccc3s2)CC1. The number of carbonyl (C=O) groups excluding carboxylic acids is 2. The van der Waals surface area contributed by atoms with Crippen molar-refractivity contribution in [3.8, 4) is 0 Å². The molecule has 2 heterocycles. The van der Waals surface area contributed by atoms with Crippen LogP contribution in [-0.2, 0) is 4.79 Å². The quantitative estimate of drug-likeness (QED) is 0.763.